The third kappa shape index (κ3) is 2.73. The van der Waals surface area contributed by atoms with Crippen molar-refractivity contribution in [1.82, 2.24) is 14.5 Å². The molecule has 3 nitrogen and oxygen atoms in total. The van der Waals surface area contributed by atoms with Crippen LogP contribution in [0.3, 0.4) is 0 Å². The summed E-state index contributed by atoms with van der Waals surface area (Å²) in [7, 11) is 1.97. The summed E-state index contributed by atoms with van der Waals surface area (Å²) in [4.78, 5) is 8.44. The summed E-state index contributed by atoms with van der Waals surface area (Å²) in [6.45, 7) is 0. The molecule has 0 amide bonds. The van der Waals surface area contributed by atoms with E-state index in [9.17, 15) is 0 Å². The first-order chi connectivity index (χ1) is 7.25. The fourth-order valence-electron chi connectivity index (χ4n) is 1.16. The van der Waals surface area contributed by atoms with Crippen molar-refractivity contribution in [3.05, 3.63) is 41.4 Å². The minimum Gasteiger partial charge on any atom is -0.329 e. The predicted molar refractivity (Wildman–Crippen MR) is 62.0 cm³/mol. The van der Waals surface area contributed by atoms with Crippen LogP contribution in [0.5, 0.6) is 0 Å². The largest absolute Gasteiger partial charge is 0.329 e. The second-order valence-electron chi connectivity index (χ2n) is 3.07. The summed E-state index contributed by atoms with van der Waals surface area (Å²) < 4.78 is 1.98. The molecule has 0 bridgehead atoms. The summed E-state index contributed by atoms with van der Waals surface area (Å²) in [5.41, 5.74) is 0.968. The van der Waals surface area contributed by atoms with Gasteiger partial charge in [0.1, 0.15) is 0 Å². The Labute approximate surface area is 97.5 Å². The van der Waals surface area contributed by atoms with Gasteiger partial charge in [-0.2, -0.15) is 0 Å². The van der Waals surface area contributed by atoms with Gasteiger partial charge in [0.25, 0.3) is 0 Å². The van der Waals surface area contributed by atoms with Gasteiger partial charge in [-0.3, -0.25) is 4.98 Å². The maximum atomic E-state index is 5.87. The molecule has 0 aliphatic rings. The van der Waals surface area contributed by atoms with Crippen molar-refractivity contribution >= 4 is 23.4 Å². The van der Waals surface area contributed by atoms with E-state index < -0.39 is 0 Å². The molecular formula is C10H10ClN3S. The van der Waals surface area contributed by atoms with E-state index in [2.05, 4.69) is 9.97 Å². The Morgan fingerprint density at radius 2 is 2.27 bits per heavy atom. The van der Waals surface area contributed by atoms with Gasteiger partial charge in [0.05, 0.1) is 5.69 Å². The second-order valence-corrected chi connectivity index (χ2v) is 4.45. The highest BCUT2D eigenvalue weighted by molar-refractivity contribution is 7.98. The first-order valence-electron chi connectivity index (χ1n) is 4.46. The topological polar surface area (TPSA) is 30.7 Å². The van der Waals surface area contributed by atoms with Gasteiger partial charge in [0.2, 0.25) is 0 Å². The average Bonchev–Trinajstić information content (AvgIpc) is 2.61. The zero-order valence-corrected chi connectivity index (χ0v) is 9.79. The lowest BCUT2D eigenvalue weighted by atomic mass is 10.4. The SMILES string of the molecule is Cn1ccnc1SCc1cc(Cl)ccn1. The average molecular weight is 240 g/mol. The molecular weight excluding hydrogens is 230 g/mol. The van der Waals surface area contributed by atoms with Crippen LogP contribution in [0.4, 0.5) is 0 Å². The maximum Gasteiger partial charge on any atom is 0.168 e. The molecule has 0 aliphatic carbocycles. The summed E-state index contributed by atoms with van der Waals surface area (Å²) >= 11 is 7.51. The van der Waals surface area contributed by atoms with Crippen LogP contribution in [0.1, 0.15) is 5.69 Å². The first kappa shape index (κ1) is 10.5. The normalized spacial score (nSPS) is 10.5. The number of aromatic nitrogens is 3. The number of aryl methyl sites for hydroxylation is 1. The molecule has 2 aromatic heterocycles. The van der Waals surface area contributed by atoms with Crippen molar-refractivity contribution in [2.75, 3.05) is 0 Å². The van der Waals surface area contributed by atoms with Crippen molar-refractivity contribution in [3.63, 3.8) is 0 Å². The Morgan fingerprint density at radius 1 is 1.40 bits per heavy atom. The fraction of sp³-hybridized carbons (Fsp3) is 0.200. The number of imidazole rings is 1. The van der Waals surface area contributed by atoms with Crippen molar-refractivity contribution in [2.45, 2.75) is 10.9 Å². The van der Waals surface area contributed by atoms with Crippen LogP contribution < -0.4 is 0 Å². The highest BCUT2D eigenvalue weighted by atomic mass is 35.5. The summed E-state index contributed by atoms with van der Waals surface area (Å²) in [6.07, 6.45) is 5.43. The third-order valence-electron chi connectivity index (χ3n) is 1.90. The molecule has 78 valence electrons. The predicted octanol–water partition coefficient (Wildman–Crippen LogP) is 2.76. The molecule has 0 radical (unpaired) electrons. The number of thioether (sulfide) groups is 1. The number of pyridine rings is 1. The molecule has 15 heavy (non-hydrogen) atoms. The molecule has 0 aliphatic heterocycles. The van der Waals surface area contributed by atoms with Gasteiger partial charge in [-0.25, -0.2) is 4.98 Å². The van der Waals surface area contributed by atoms with Gasteiger partial charge in [-0.05, 0) is 12.1 Å². The quantitative estimate of drug-likeness (QED) is 0.772. The van der Waals surface area contributed by atoms with E-state index in [1.807, 2.05) is 23.9 Å². The smallest absolute Gasteiger partial charge is 0.168 e. The van der Waals surface area contributed by atoms with Crippen LogP contribution in [0, 0.1) is 0 Å². The zero-order valence-electron chi connectivity index (χ0n) is 8.22. The molecule has 2 rings (SSSR count). The van der Waals surface area contributed by atoms with Gasteiger partial charge < -0.3 is 4.57 Å². The molecule has 0 unspecified atom stereocenters. The van der Waals surface area contributed by atoms with E-state index in [0.29, 0.717) is 0 Å². The summed E-state index contributed by atoms with van der Waals surface area (Å²) in [6, 6.07) is 3.65. The summed E-state index contributed by atoms with van der Waals surface area (Å²) in [5.74, 6) is 0.783. The maximum absolute atomic E-state index is 5.87. The van der Waals surface area contributed by atoms with E-state index in [1.165, 1.54) is 0 Å². The lowest BCUT2D eigenvalue weighted by Crippen LogP contribution is -1.91. The zero-order chi connectivity index (χ0) is 10.7. The number of hydrogen-bond acceptors (Lipinski definition) is 3. The minimum absolute atomic E-state index is 0.723. The molecule has 5 heteroatoms. The number of rotatable bonds is 3. The Morgan fingerprint density at radius 3 is 2.93 bits per heavy atom. The Bertz CT molecular complexity index is 455. The molecule has 2 heterocycles. The molecule has 0 spiro atoms. The van der Waals surface area contributed by atoms with E-state index in [0.717, 1.165) is 21.6 Å². The van der Waals surface area contributed by atoms with Crippen LogP contribution in [0.25, 0.3) is 0 Å². The van der Waals surface area contributed by atoms with Crippen molar-refractivity contribution in [1.29, 1.82) is 0 Å². The van der Waals surface area contributed by atoms with Gasteiger partial charge >= 0.3 is 0 Å². The number of nitrogens with zero attached hydrogens (tertiary/aromatic N) is 3. The van der Waals surface area contributed by atoms with Gasteiger partial charge in [0, 0.05) is 36.4 Å². The Balaban J connectivity index is 2.02. The van der Waals surface area contributed by atoms with E-state index in [-0.39, 0.29) is 0 Å². The molecule has 2 aromatic rings. The number of hydrogen-bond donors (Lipinski definition) is 0. The molecule has 0 N–H and O–H groups in total. The van der Waals surface area contributed by atoms with Crippen LogP contribution in [0.15, 0.2) is 35.9 Å². The Hall–Kier alpha value is -1.00. The summed E-state index contributed by atoms with van der Waals surface area (Å²) in [5, 5.41) is 1.71. The van der Waals surface area contributed by atoms with Crippen LogP contribution in [-0.4, -0.2) is 14.5 Å². The first-order valence-corrected chi connectivity index (χ1v) is 5.82. The number of halogens is 1. The van der Waals surface area contributed by atoms with Crippen molar-refractivity contribution in [2.24, 2.45) is 7.05 Å². The lowest BCUT2D eigenvalue weighted by Gasteiger charge is -2.01. The van der Waals surface area contributed by atoms with Gasteiger partial charge in [-0.15, -0.1) is 0 Å². The minimum atomic E-state index is 0.723. The molecule has 0 aromatic carbocycles. The second kappa shape index (κ2) is 4.68. The van der Waals surface area contributed by atoms with Crippen LogP contribution in [0.2, 0.25) is 5.02 Å². The standard InChI is InChI=1S/C10H10ClN3S/c1-14-5-4-13-10(14)15-7-9-6-8(11)2-3-12-9/h2-6H,7H2,1H3. The van der Waals surface area contributed by atoms with Gasteiger partial charge in [-0.1, -0.05) is 23.4 Å². The highest BCUT2D eigenvalue weighted by Gasteiger charge is 2.02. The van der Waals surface area contributed by atoms with Crippen LogP contribution >= 0.6 is 23.4 Å². The fourth-order valence-corrected chi connectivity index (χ4v) is 2.17. The van der Waals surface area contributed by atoms with E-state index >= 15 is 0 Å². The molecule has 0 saturated heterocycles. The van der Waals surface area contributed by atoms with Crippen LogP contribution in [-0.2, 0) is 12.8 Å². The van der Waals surface area contributed by atoms with E-state index in [4.69, 9.17) is 11.6 Å². The monoisotopic (exact) mass is 239 g/mol. The molecule has 0 saturated carbocycles. The molecule has 0 fully saturated rings. The van der Waals surface area contributed by atoms with E-state index in [1.54, 1.807) is 30.2 Å². The van der Waals surface area contributed by atoms with Crippen molar-refractivity contribution in [3.8, 4) is 0 Å². The Kier molecular flexibility index (Phi) is 3.28. The lowest BCUT2D eigenvalue weighted by molar-refractivity contribution is 0.789. The third-order valence-corrected chi connectivity index (χ3v) is 3.23. The molecule has 0 atom stereocenters. The van der Waals surface area contributed by atoms with Gasteiger partial charge in [0.15, 0.2) is 5.16 Å². The highest BCUT2D eigenvalue weighted by Crippen LogP contribution is 2.20. The van der Waals surface area contributed by atoms with Crippen molar-refractivity contribution < 1.29 is 0 Å².